The first-order valence-corrected chi connectivity index (χ1v) is 9.43. The highest BCUT2D eigenvalue weighted by atomic mass is 32.1. The molecule has 2 aliphatic heterocycles. The number of carbonyl (C=O) groups excluding carboxylic acids is 2. The van der Waals surface area contributed by atoms with E-state index in [-0.39, 0.29) is 10.7 Å². The summed E-state index contributed by atoms with van der Waals surface area (Å²) < 4.78 is 5.38. The Morgan fingerprint density at radius 1 is 0.929 bits per heavy atom. The fraction of sp³-hybridized carbons (Fsp3) is 0.190. The minimum absolute atomic E-state index is 0.0524. The van der Waals surface area contributed by atoms with E-state index >= 15 is 0 Å². The summed E-state index contributed by atoms with van der Waals surface area (Å²) >= 11 is 5.20. The van der Waals surface area contributed by atoms with Gasteiger partial charge in [0.15, 0.2) is 5.11 Å². The van der Waals surface area contributed by atoms with Crippen LogP contribution in [0.3, 0.4) is 0 Å². The van der Waals surface area contributed by atoms with Gasteiger partial charge in [0.05, 0.1) is 18.9 Å². The van der Waals surface area contributed by atoms with Crippen LogP contribution in [0.2, 0.25) is 0 Å². The van der Waals surface area contributed by atoms with E-state index in [1.165, 1.54) is 4.90 Å². The molecule has 0 radical (unpaired) electrons. The second-order valence-corrected chi connectivity index (χ2v) is 6.87. The number of carbonyl (C=O) groups is 2. The van der Waals surface area contributed by atoms with Crippen molar-refractivity contribution in [3.63, 3.8) is 0 Å². The van der Waals surface area contributed by atoms with E-state index in [0.29, 0.717) is 5.69 Å². The third kappa shape index (κ3) is 3.67. The molecule has 0 saturated carbocycles. The molecule has 2 heterocycles. The van der Waals surface area contributed by atoms with Gasteiger partial charge in [0, 0.05) is 18.8 Å². The molecule has 142 valence electrons. The van der Waals surface area contributed by atoms with E-state index in [9.17, 15) is 9.59 Å². The molecule has 28 heavy (non-hydrogen) atoms. The fourth-order valence-corrected chi connectivity index (χ4v) is 3.52. The first-order chi connectivity index (χ1) is 13.6. The summed E-state index contributed by atoms with van der Waals surface area (Å²) in [5, 5.41) is 2.68. The highest BCUT2D eigenvalue weighted by Gasteiger charge is 2.34. The average molecular weight is 393 g/mol. The van der Waals surface area contributed by atoms with Crippen molar-refractivity contribution in [2.24, 2.45) is 0 Å². The monoisotopic (exact) mass is 393 g/mol. The minimum atomic E-state index is -0.487. The Morgan fingerprint density at radius 3 is 2.29 bits per heavy atom. The highest BCUT2D eigenvalue weighted by molar-refractivity contribution is 7.80. The molecule has 2 aromatic rings. The summed E-state index contributed by atoms with van der Waals surface area (Å²) in [4.78, 5) is 28.9. The SMILES string of the molecule is O=C1NC(=S)N(c2ccccc2)C(=O)/C1=C/c1ccc(N2CCOCC2)cc1. The molecule has 6 nitrogen and oxygen atoms in total. The number of hydrogen-bond acceptors (Lipinski definition) is 5. The first-order valence-electron chi connectivity index (χ1n) is 9.03. The number of ether oxygens (including phenoxy) is 1. The van der Waals surface area contributed by atoms with Gasteiger partial charge in [0.25, 0.3) is 11.8 Å². The van der Waals surface area contributed by atoms with Gasteiger partial charge in [0.1, 0.15) is 5.57 Å². The van der Waals surface area contributed by atoms with Crippen LogP contribution in [0.15, 0.2) is 60.2 Å². The van der Waals surface area contributed by atoms with Gasteiger partial charge < -0.3 is 9.64 Å². The maximum absolute atomic E-state index is 13.0. The Bertz CT molecular complexity index is 935. The lowest BCUT2D eigenvalue weighted by Crippen LogP contribution is -2.54. The van der Waals surface area contributed by atoms with E-state index in [2.05, 4.69) is 10.2 Å². The smallest absolute Gasteiger partial charge is 0.270 e. The summed E-state index contributed by atoms with van der Waals surface area (Å²) in [6, 6.07) is 16.8. The van der Waals surface area contributed by atoms with E-state index in [0.717, 1.165) is 37.6 Å². The van der Waals surface area contributed by atoms with Crippen molar-refractivity contribution in [2.45, 2.75) is 0 Å². The van der Waals surface area contributed by atoms with E-state index in [1.807, 2.05) is 42.5 Å². The van der Waals surface area contributed by atoms with Crippen molar-refractivity contribution < 1.29 is 14.3 Å². The average Bonchev–Trinajstić information content (AvgIpc) is 2.73. The van der Waals surface area contributed by atoms with Crippen LogP contribution in [-0.4, -0.2) is 43.2 Å². The van der Waals surface area contributed by atoms with Crippen molar-refractivity contribution in [1.29, 1.82) is 0 Å². The predicted molar refractivity (Wildman–Crippen MR) is 112 cm³/mol. The maximum atomic E-state index is 13.0. The lowest BCUT2D eigenvalue weighted by atomic mass is 10.1. The Kier molecular flexibility index (Phi) is 5.18. The molecule has 0 aromatic heterocycles. The Balaban J connectivity index is 1.59. The van der Waals surface area contributed by atoms with E-state index in [1.54, 1.807) is 18.2 Å². The van der Waals surface area contributed by atoms with Gasteiger partial charge in [-0.05, 0) is 48.1 Å². The lowest BCUT2D eigenvalue weighted by Gasteiger charge is -2.29. The van der Waals surface area contributed by atoms with Crippen molar-refractivity contribution in [2.75, 3.05) is 36.1 Å². The summed E-state index contributed by atoms with van der Waals surface area (Å²) in [5.74, 6) is -0.920. The molecule has 0 unspecified atom stereocenters. The van der Waals surface area contributed by atoms with Gasteiger partial charge >= 0.3 is 0 Å². The molecule has 2 saturated heterocycles. The molecular formula is C21H19N3O3S. The number of hydrogen-bond donors (Lipinski definition) is 1. The predicted octanol–water partition coefficient (Wildman–Crippen LogP) is 2.35. The van der Waals surface area contributed by atoms with Crippen LogP contribution in [0, 0.1) is 0 Å². The van der Waals surface area contributed by atoms with Crippen LogP contribution in [-0.2, 0) is 14.3 Å². The molecular weight excluding hydrogens is 374 g/mol. The van der Waals surface area contributed by atoms with Crippen LogP contribution in [0.25, 0.3) is 6.08 Å². The van der Waals surface area contributed by atoms with Crippen LogP contribution >= 0.6 is 12.2 Å². The van der Waals surface area contributed by atoms with Crippen LogP contribution in [0.4, 0.5) is 11.4 Å². The number of amides is 2. The van der Waals surface area contributed by atoms with Crippen LogP contribution in [0.5, 0.6) is 0 Å². The number of anilines is 2. The molecule has 2 amide bonds. The first kappa shape index (κ1) is 18.3. The highest BCUT2D eigenvalue weighted by Crippen LogP contribution is 2.23. The number of rotatable bonds is 3. The molecule has 0 atom stereocenters. The van der Waals surface area contributed by atoms with Crippen molar-refractivity contribution in [3.8, 4) is 0 Å². The molecule has 0 aliphatic carbocycles. The lowest BCUT2D eigenvalue weighted by molar-refractivity contribution is -0.122. The topological polar surface area (TPSA) is 61.9 Å². The van der Waals surface area contributed by atoms with Crippen molar-refractivity contribution in [1.82, 2.24) is 5.32 Å². The number of para-hydroxylation sites is 1. The largest absolute Gasteiger partial charge is 0.378 e. The molecule has 4 rings (SSSR count). The summed E-state index contributed by atoms with van der Waals surface area (Å²) in [6.45, 7) is 3.14. The molecule has 0 bridgehead atoms. The minimum Gasteiger partial charge on any atom is -0.378 e. The quantitative estimate of drug-likeness (QED) is 0.493. The Hall–Kier alpha value is -3.03. The number of nitrogens with zero attached hydrogens (tertiary/aromatic N) is 2. The van der Waals surface area contributed by atoms with Gasteiger partial charge in [-0.25, -0.2) is 0 Å². The standard InChI is InChI=1S/C21H19N3O3S/c25-19-18(20(26)24(21(28)22-19)17-4-2-1-3-5-17)14-15-6-8-16(9-7-15)23-10-12-27-13-11-23/h1-9,14H,10-13H2,(H,22,25,28)/b18-14+. The second-order valence-electron chi connectivity index (χ2n) is 6.48. The summed E-state index contributed by atoms with van der Waals surface area (Å²) in [6.07, 6.45) is 1.60. The Morgan fingerprint density at radius 2 is 1.61 bits per heavy atom. The molecule has 2 aliphatic rings. The van der Waals surface area contributed by atoms with Gasteiger partial charge in [-0.1, -0.05) is 30.3 Å². The summed E-state index contributed by atoms with van der Waals surface area (Å²) in [5.41, 5.74) is 2.54. The maximum Gasteiger partial charge on any atom is 0.270 e. The van der Waals surface area contributed by atoms with E-state index < -0.39 is 11.8 Å². The molecule has 7 heteroatoms. The van der Waals surface area contributed by atoms with Gasteiger partial charge in [-0.2, -0.15) is 0 Å². The van der Waals surface area contributed by atoms with Crippen LogP contribution < -0.4 is 15.1 Å². The van der Waals surface area contributed by atoms with Crippen molar-refractivity contribution >= 4 is 46.6 Å². The third-order valence-corrected chi connectivity index (χ3v) is 4.98. The zero-order valence-corrected chi connectivity index (χ0v) is 15.9. The molecule has 1 N–H and O–H groups in total. The number of nitrogens with one attached hydrogen (secondary N) is 1. The summed E-state index contributed by atoms with van der Waals surface area (Å²) in [7, 11) is 0. The normalized spacial score (nSPS) is 19.1. The molecule has 2 fully saturated rings. The zero-order chi connectivity index (χ0) is 19.5. The van der Waals surface area contributed by atoms with Gasteiger partial charge in [0.2, 0.25) is 0 Å². The number of benzene rings is 2. The van der Waals surface area contributed by atoms with Gasteiger partial charge in [-0.3, -0.25) is 19.8 Å². The third-order valence-electron chi connectivity index (χ3n) is 4.70. The second kappa shape index (κ2) is 7.92. The van der Waals surface area contributed by atoms with Gasteiger partial charge in [-0.15, -0.1) is 0 Å². The molecule has 2 aromatic carbocycles. The fourth-order valence-electron chi connectivity index (χ4n) is 3.24. The van der Waals surface area contributed by atoms with Crippen LogP contribution in [0.1, 0.15) is 5.56 Å². The van der Waals surface area contributed by atoms with E-state index in [4.69, 9.17) is 17.0 Å². The zero-order valence-electron chi connectivity index (χ0n) is 15.1. The number of thiocarbonyl (C=S) groups is 1. The Labute approximate surface area is 168 Å². The van der Waals surface area contributed by atoms with Crippen molar-refractivity contribution in [3.05, 3.63) is 65.7 Å². The number of morpholine rings is 1. The molecule has 0 spiro atoms.